The van der Waals surface area contributed by atoms with Crippen molar-refractivity contribution in [3.63, 3.8) is 0 Å². The first-order valence-electron chi connectivity index (χ1n) is 7.59. The highest BCUT2D eigenvalue weighted by molar-refractivity contribution is 6.06. The lowest BCUT2D eigenvalue weighted by molar-refractivity contribution is 0.0952. The number of carbonyl (C=O) groups is 1. The Balaban J connectivity index is 1.85. The zero-order chi connectivity index (χ0) is 16.4. The van der Waals surface area contributed by atoms with Crippen molar-refractivity contribution in [3.8, 4) is 5.75 Å². The predicted molar refractivity (Wildman–Crippen MR) is 91.9 cm³/mol. The lowest BCUT2D eigenvalue weighted by Gasteiger charge is -2.10. The molecule has 1 amide bonds. The topological polar surface area (TPSA) is 54.1 Å². The number of carbonyl (C=O) groups excluding carboxylic acids is 1. The summed E-state index contributed by atoms with van der Waals surface area (Å²) >= 11 is 0. The van der Waals surface area contributed by atoms with Gasteiger partial charge in [0.2, 0.25) is 0 Å². The van der Waals surface area contributed by atoms with Gasteiger partial charge in [0.1, 0.15) is 5.75 Å². The van der Waals surface area contributed by atoms with Crippen LogP contribution >= 0.6 is 0 Å². The summed E-state index contributed by atoms with van der Waals surface area (Å²) in [5, 5.41) is 4.06. The molecule has 3 rings (SSSR count). The standard InChI is InChI=1S/C19H20N2O2/c1-12-13(2)21-18-15(12)8-6-9-16(18)19(22)20-11-14-7-4-5-10-17(14)23-3/h4-10,21H,11H2,1-3H3,(H,20,22). The maximum Gasteiger partial charge on any atom is 0.253 e. The molecule has 1 aromatic heterocycles. The number of aryl methyl sites for hydroxylation is 2. The first-order valence-corrected chi connectivity index (χ1v) is 7.59. The number of ether oxygens (including phenoxy) is 1. The number of hydrogen-bond donors (Lipinski definition) is 2. The maximum atomic E-state index is 12.6. The van der Waals surface area contributed by atoms with Crippen LogP contribution in [0, 0.1) is 13.8 Å². The van der Waals surface area contributed by atoms with E-state index in [0.29, 0.717) is 12.1 Å². The van der Waals surface area contributed by atoms with Crippen LogP contribution in [-0.2, 0) is 6.54 Å². The van der Waals surface area contributed by atoms with Gasteiger partial charge in [0.25, 0.3) is 5.91 Å². The van der Waals surface area contributed by atoms with E-state index >= 15 is 0 Å². The Morgan fingerprint density at radius 2 is 1.91 bits per heavy atom. The van der Waals surface area contributed by atoms with Crippen molar-refractivity contribution >= 4 is 16.8 Å². The van der Waals surface area contributed by atoms with E-state index in [9.17, 15) is 4.79 Å². The van der Waals surface area contributed by atoms with E-state index in [2.05, 4.69) is 17.2 Å². The minimum absolute atomic E-state index is 0.0947. The highest BCUT2D eigenvalue weighted by atomic mass is 16.5. The second-order valence-electron chi connectivity index (χ2n) is 5.60. The van der Waals surface area contributed by atoms with Crippen LogP contribution in [-0.4, -0.2) is 18.0 Å². The lowest BCUT2D eigenvalue weighted by Crippen LogP contribution is -2.23. The average molecular weight is 308 g/mol. The van der Waals surface area contributed by atoms with Gasteiger partial charge in [-0.05, 0) is 31.5 Å². The summed E-state index contributed by atoms with van der Waals surface area (Å²) in [5.74, 6) is 0.681. The lowest BCUT2D eigenvalue weighted by atomic mass is 10.1. The van der Waals surface area contributed by atoms with Crippen molar-refractivity contribution in [2.24, 2.45) is 0 Å². The fourth-order valence-electron chi connectivity index (χ4n) is 2.79. The molecule has 0 aliphatic rings. The SMILES string of the molecule is COc1ccccc1CNC(=O)c1cccc2c(C)c(C)[nH]c12. The number of nitrogens with one attached hydrogen (secondary N) is 2. The summed E-state index contributed by atoms with van der Waals surface area (Å²) in [7, 11) is 1.63. The first kappa shape index (κ1) is 15.2. The van der Waals surface area contributed by atoms with Gasteiger partial charge in [-0.1, -0.05) is 30.3 Å². The molecule has 0 radical (unpaired) electrons. The van der Waals surface area contributed by atoms with E-state index in [1.54, 1.807) is 7.11 Å². The van der Waals surface area contributed by atoms with Gasteiger partial charge in [0.05, 0.1) is 18.2 Å². The largest absolute Gasteiger partial charge is 0.496 e. The first-order chi connectivity index (χ1) is 11.1. The van der Waals surface area contributed by atoms with Crippen LogP contribution in [0.1, 0.15) is 27.2 Å². The number of para-hydroxylation sites is 2. The summed E-state index contributed by atoms with van der Waals surface area (Å²) in [6, 6.07) is 13.5. The summed E-state index contributed by atoms with van der Waals surface area (Å²) in [4.78, 5) is 15.9. The third-order valence-electron chi connectivity index (χ3n) is 4.22. The van der Waals surface area contributed by atoms with Gasteiger partial charge in [-0.3, -0.25) is 4.79 Å². The summed E-state index contributed by atoms with van der Waals surface area (Å²) in [5.41, 5.74) is 4.77. The summed E-state index contributed by atoms with van der Waals surface area (Å²) < 4.78 is 5.32. The monoisotopic (exact) mass is 308 g/mol. The van der Waals surface area contributed by atoms with Crippen LogP contribution in [0.4, 0.5) is 0 Å². The molecule has 0 fully saturated rings. The third-order valence-corrected chi connectivity index (χ3v) is 4.22. The summed E-state index contributed by atoms with van der Waals surface area (Å²) in [6.07, 6.45) is 0. The maximum absolute atomic E-state index is 12.6. The molecule has 4 heteroatoms. The third kappa shape index (κ3) is 2.80. The molecule has 0 aliphatic carbocycles. The van der Waals surface area contributed by atoms with Crippen LogP contribution in [0.2, 0.25) is 0 Å². The van der Waals surface area contributed by atoms with E-state index in [1.165, 1.54) is 5.56 Å². The number of H-pyrrole nitrogens is 1. The van der Waals surface area contributed by atoms with Gasteiger partial charge in [-0.15, -0.1) is 0 Å². The van der Waals surface area contributed by atoms with Crippen molar-refractivity contribution < 1.29 is 9.53 Å². The second kappa shape index (κ2) is 6.16. The molecule has 0 unspecified atom stereocenters. The Labute approximate surface area is 135 Å². The van der Waals surface area contributed by atoms with E-state index in [1.807, 2.05) is 49.4 Å². The normalized spacial score (nSPS) is 10.7. The minimum atomic E-state index is -0.0947. The Kier molecular flexibility index (Phi) is 4.06. The van der Waals surface area contributed by atoms with Gasteiger partial charge in [0.15, 0.2) is 0 Å². The molecule has 0 bridgehead atoms. The van der Waals surface area contributed by atoms with Crippen molar-refractivity contribution in [1.82, 2.24) is 10.3 Å². The van der Waals surface area contributed by atoms with E-state index < -0.39 is 0 Å². The van der Waals surface area contributed by atoms with Crippen LogP contribution in [0.5, 0.6) is 5.75 Å². The number of aromatic nitrogens is 1. The molecule has 4 nitrogen and oxygen atoms in total. The quantitative estimate of drug-likeness (QED) is 0.771. The average Bonchev–Trinajstić information content (AvgIpc) is 2.87. The van der Waals surface area contributed by atoms with Crippen LogP contribution in [0.15, 0.2) is 42.5 Å². The van der Waals surface area contributed by atoms with Crippen LogP contribution in [0.25, 0.3) is 10.9 Å². The van der Waals surface area contributed by atoms with Crippen LogP contribution < -0.4 is 10.1 Å². The van der Waals surface area contributed by atoms with Gasteiger partial charge in [-0.2, -0.15) is 0 Å². The van der Waals surface area contributed by atoms with E-state index in [4.69, 9.17) is 4.74 Å². The van der Waals surface area contributed by atoms with Gasteiger partial charge in [-0.25, -0.2) is 0 Å². The fraction of sp³-hybridized carbons (Fsp3) is 0.211. The molecular formula is C19H20N2O2. The molecule has 1 heterocycles. The van der Waals surface area contributed by atoms with E-state index in [-0.39, 0.29) is 5.91 Å². The smallest absolute Gasteiger partial charge is 0.253 e. The second-order valence-corrected chi connectivity index (χ2v) is 5.60. The summed E-state index contributed by atoms with van der Waals surface area (Å²) in [6.45, 7) is 4.51. The van der Waals surface area contributed by atoms with Gasteiger partial charge < -0.3 is 15.0 Å². The van der Waals surface area contributed by atoms with Crippen molar-refractivity contribution in [3.05, 3.63) is 64.8 Å². The van der Waals surface area contributed by atoms with Gasteiger partial charge >= 0.3 is 0 Å². The number of hydrogen-bond acceptors (Lipinski definition) is 2. The number of fused-ring (bicyclic) bond motifs is 1. The van der Waals surface area contributed by atoms with E-state index in [0.717, 1.165) is 27.9 Å². The van der Waals surface area contributed by atoms with Crippen molar-refractivity contribution in [2.75, 3.05) is 7.11 Å². The molecule has 0 saturated heterocycles. The Morgan fingerprint density at radius 1 is 1.13 bits per heavy atom. The zero-order valence-corrected chi connectivity index (χ0v) is 13.6. The fourth-order valence-corrected chi connectivity index (χ4v) is 2.79. The Hall–Kier alpha value is -2.75. The molecule has 0 saturated carbocycles. The number of amides is 1. The Morgan fingerprint density at radius 3 is 2.70 bits per heavy atom. The van der Waals surface area contributed by atoms with Gasteiger partial charge in [0, 0.05) is 23.2 Å². The van der Waals surface area contributed by atoms with Crippen LogP contribution in [0.3, 0.4) is 0 Å². The number of rotatable bonds is 4. The number of aromatic amines is 1. The molecule has 0 spiro atoms. The molecule has 3 aromatic rings. The Bertz CT molecular complexity index is 865. The molecule has 23 heavy (non-hydrogen) atoms. The molecule has 0 atom stereocenters. The molecule has 2 aromatic carbocycles. The zero-order valence-electron chi connectivity index (χ0n) is 13.6. The molecule has 0 aliphatic heterocycles. The van der Waals surface area contributed by atoms with Crippen molar-refractivity contribution in [2.45, 2.75) is 20.4 Å². The predicted octanol–water partition coefficient (Wildman–Crippen LogP) is 3.72. The highest BCUT2D eigenvalue weighted by Gasteiger charge is 2.14. The number of benzene rings is 2. The molecule has 2 N–H and O–H groups in total. The highest BCUT2D eigenvalue weighted by Crippen LogP contribution is 2.24. The molecule has 118 valence electrons. The molecular weight excluding hydrogens is 288 g/mol. The van der Waals surface area contributed by atoms with Crippen molar-refractivity contribution in [1.29, 1.82) is 0 Å². The number of methoxy groups -OCH3 is 1. The minimum Gasteiger partial charge on any atom is -0.496 e.